The number of hydrogen-bond donors (Lipinski definition) is 1. The minimum atomic E-state index is -4.30. The largest absolute Gasteiger partial charge is 0.502 e. The van der Waals surface area contributed by atoms with Crippen LogP contribution in [0.5, 0.6) is 5.75 Å². The Balaban J connectivity index is 1.86. The third-order valence-corrected chi connectivity index (χ3v) is 7.53. The molecule has 0 radical (unpaired) electrons. The number of aliphatic hydroxyl groups excluding tert-OH is 1. The molecule has 0 saturated carbocycles. The molecule has 0 saturated heterocycles. The van der Waals surface area contributed by atoms with Gasteiger partial charge in [-0.2, -0.15) is 0 Å². The smallest absolute Gasteiger partial charge is 0.290 e. The fourth-order valence-corrected chi connectivity index (χ4v) is 5.57. The first-order valence-corrected chi connectivity index (χ1v) is 11.7. The van der Waals surface area contributed by atoms with Crippen molar-refractivity contribution < 1.29 is 27.4 Å². The maximum atomic E-state index is 13.6. The molecule has 33 heavy (non-hydrogen) atoms. The fourth-order valence-electron chi connectivity index (χ4n) is 3.80. The summed E-state index contributed by atoms with van der Waals surface area (Å²) in [6.45, 7) is -0.0470. The Morgan fingerprint density at radius 1 is 1.03 bits per heavy atom. The molecule has 1 aliphatic rings. The van der Waals surface area contributed by atoms with Gasteiger partial charge >= 0.3 is 0 Å². The van der Waals surface area contributed by atoms with E-state index in [1.807, 2.05) is 0 Å². The van der Waals surface area contributed by atoms with E-state index in [1.54, 1.807) is 24.3 Å². The summed E-state index contributed by atoms with van der Waals surface area (Å²) in [7, 11) is -2.82. The van der Waals surface area contributed by atoms with Gasteiger partial charge in [0.25, 0.3) is 5.91 Å². The lowest BCUT2D eigenvalue weighted by atomic mass is 10.1. The van der Waals surface area contributed by atoms with E-state index in [4.69, 9.17) is 16.3 Å². The number of ether oxygens (including phenoxy) is 1. The third-order valence-electron chi connectivity index (χ3n) is 5.39. The number of carbonyl (C=O) groups is 1. The minimum absolute atomic E-state index is 0.0470. The predicted molar refractivity (Wildman–Crippen MR) is 121 cm³/mol. The Bertz CT molecular complexity index is 1340. The number of benzene rings is 3. The van der Waals surface area contributed by atoms with Gasteiger partial charge in [-0.3, -0.25) is 4.79 Å². The van der Waals surface area contributed by atoms with Gasteiger partial charge in [-0.15, -0.1) is 0 Å². The minimum Gasteiger partial charge on any atom is -0.502 e. The number of rotatable bonds is 6. The van der Waals surface area contributed by atoms with Crippen LogP contribution in [0.2, 0.25) is 5.02 Å². The lowest BCUT2D eigenvalue weighted by Crippen LogP contribution is -2.31. The summed E-state index contributed by atoms with van der Waals surface area (Å²) in [5.41, 5.74) is 0.939. The molecule has 3 aromatic carbocycles. The van der Waals surface area contributed by atoms with Gasteiger partial charge in [0, 0.05) is 10.6 Å². The average molecular weight is 488 g/mol. The van der Waals surface area contributed by atoms with Crippen molar-refractivity contribution in [2.75, 3.05) is 7.11 Å². The molecule has 1 N–H and O–H groups in total. The van der Waals surface area contributed by atoms with Gasteiger partial charge in [-0.05, 0) is 48.0 Å². The molecule has 1 heterocycles. The first-order valence-electron chi connectivity index (χ1n) is 9.86. The second kappa shape index (κ2) is 8.88. The number of aliphatic hydroxyl groups is 1. The second-order valence-corrected chi connectivity index (χ2v) is 9.72. The zero-order chi connectivity index (χ0) is 23.8. The molecule has 0 aromatic heterocycles. The molecule has 1 amide bonds. The molecule has 0 fully saturated rings. The Hall–Kier alpha value is -3.36. The highest BCUT2D eigenvalue weighted by Crippen LogP contribution is 2.43. The van der Waals surface area contributed by atoms with Crippen molar-refractivity contribution in [2.45, 2.75) is 17.5 Å². The first kappa shape index (κ1) is 22.8. The maximum Gasteiger partial charge on any atom is 0.290 e. The van der Waals surface area contributed by atoms with E-state index in [1.165, 1.54) is 60.5 Å². The zero-order valence-corrected chi connectivity index (χ0v) is 19.0. The lowest BCUT2D eigenvalue weighted by Gasteiger charge is -2.27. The number of nitrogens with zero attached hydrogens (tertiary/aromatic N) is 1. The van der Waals surface area contributed by atoms with Crippen LogP contribution in [-0.2, 0) is 21.2 Å². The molecule has 0 unspecified atom stereocenters. The molecule has 4 rings (SSSR count). The van der Waals surface area contributed by atoms with Crippen molar-refractivity contribution in [1.82, 2.24) is 4.90 Å². The third kappa shape index (κ3) is 4.19. The average Bonchev–Trinajstić information content (AvgIpc) is 3.06. The van der Waals surface area contributed by atoms with E-state index in [9.17, 15) is 22.7 Å². The van der Waals surface area contributed by atoms with E-state index in [2.05, 4.69) is 0 Å². The van der Waals surface area contributed by atoms with Crippen LogP contribution in [0, 0.1) is 5.82 Å². The summed E-state index contributed by atoms with van der Waals surface area (Å²) in [6.07, 6.45) is 0. The molecule has 1 aliphatic heterocycles. The highest BCUT2D eigenvalue weighted by atomic mass is 35.5. The highest BCUT2D eigenvalue weighted by molar-refractivity contribution is 7.95. The predicted octanol–water partition coefficient (Wildman–Crippen LogP) is 4.81. The SMILES string of the molecule is COc1ccccc1CN1C(=O)C(O)=C(S(=O)(=O)c2ccc(Cl)cc2)[C@@H]1c1ccc(F)cc1. The van der Waals surface area contributed by atoms with Crippen molar-refractivity contribution in [3.63, 3.8) is 0 Å². The Morgan fingerprint density at radius 2 is 1.67 bits per heavy atom. The first-order chi connectivity index (χ1) is 15.7. The Labute approximate surface area is 195 Å². The topological polar surface area (TPSA) is 83.9 Å². The lowest BCUT2D eigenvalue weighted by molar-refractivity contribution is -0.130. The molecule has 1 atom stereocenters. The van der Waals surface area contributed by atoms with Gasteiger partial charge in [0.1, 0.15) is 16.5 Å². The van der Waals surface area contributed by atoms with Crippen LogP contribution in [0.4, 0.5) is 4.39 Å². The number of amides is 1. The molecule has 9 heteroatoms. The summed E-state index contributed by atoms with van der Waals surface area (Å²) in [4.78, 5) is 13.7. The summed E-state index contributed by atoms with van der Waals surface area (Å²) in [5.74, 6) is -1.76. The van der Waals surface area contributed by atoms with E-state index < -0.39 is 38.3 Å². The number of para-hydroxylation sites is 1. The van der Waals surface area contributed by atoms with Crippen molar-refractivity contribution in [1.29, 1.82) is 0 Å². The summed E-state index contributed by atoms with van der Waals surface area (Å²) in [5, 5.41) is 11.1. The normalized spacial score (nSPS) is 16.4. The molecule has 0 spiro atoms. The number of halogens is 2. The van der Waals surface area contributed by atoms with E-state index >= 15 is 0 Å². The molecular weight excluding hydrogens is 469 g/mol. The number of sulfone groups is 1. The van der Waals surface area contributed by atoms with Crippen molar-refractivity contribution in [2.24, 2.45) is 0 Å². The van der Waals surface area contributed by atoms with Gasteiger partial charge in [0.15, 0.2) is 5.76 Å². The van der Waals surface area contributed by atoms with Gasteiger partial charge in [-0.25, -0.2) is 12.8 Å². The molecule has 0 aliphatic carbocycles. The molecule has 3 aromatic rings. The van der Waals surface area contributed by atoms with Crippen LogP contribution in [0.15, 0.2) is 88.4 Å². The monoisotopic (exact) mass is 487 g/mol. The fraction of sp³-hybridized carbons (Fsp3) is 0.125. The van der Waals surface area contributed by atoms with E-state index in [0.29, 0.717) is 21.9 Å². The zero-order valence-electron chi connectivity index (χ0n) is 17.4. The number of hydrogen-bond acceptors (Lipinski definition) is 5. The summed E-state index contributed by atoms with van der Waals surface area (Å²) in [6, 6.07) is 16.3. The second-order valence-electron chi connectivity index (χ2n) is 7.37. The summed E-state index contributed by atoms with van der Waals surface area (Å²) >= 11 is 5.89. The van der Waals surface area contributed by atoms with Crippen LogP contribution >= 0.6 is 11.6 Å². The number of methoxy groups -OCH3 is 1. The maximum absolute atomic E-state index is 13.6. The standard InChI is InChI=1S/C24H19ClFNO5S/c1-32-20-5-3-2-4-16(20)14-27-21(15-6-10-18(26)11-7-15)23(22(28)24(27)29)33(30,31)19-12-8-17(25)9-13-19/h2-13,21,28H,14H2,1H3/t21-/m0/s1. The van der Waals surface area contributed by atoms with Crippen molar-refractivity contribution in [3.05, 3.63) is 105 Å². The molecular formula is C24H19ClFNO5S. The van der Waals surface area contributed by atoms with Gasteiger partial charge in [0.2, 0.25) is 9.84 Å². The van der Waals surface area contributed by atoms with E-state index in [0.717, 1.165) is 0 Å². The summed E-state index contributed by atoms with van der Waals surface area (Å²) < 4.78 is 46.0. The van der Waals surface area contributed by atoms with Crippen LogP contribution in [0.1, 0.15) is 17.2 Å². The molecule has 170 valence electrons. The molecule has 0 bridgehead atoms. The highest BCUT2D eigenvalue weighted by Gasteiger charge is 2.47. The van der Waals surface area contributed by atoms with Gasteiger partial charge in [0.05, 0.1) is 24.6 Å². The quantitative estimate of drug-likeness (QED) is 0.539. The van der Waals surface area contributed by atoms with Crippen LogP contribution in [0.25, 0.3) is 0 Å². The van der Waals surface area contributed by atoms with E-state index in [-0.39, 0.29) is 11.4 Å². The van der Waals surface area contributed by atoms with Gasteiger partial charge < -0.3 is 14.7 Å². The molecule has 6 nitrogen and oxygen atoms in total. The Morgan fingerprint density at radius 3 is 2.30 bits per heavy atom. The van der Waals surface area contributed by atoms with Crippen LogP contribution in [-0.4, -0.2) is 31.4 Å². The Kier molecular flexibility index (Phi) is 6.14. The van der Waals surface area contributed by atoms with Crippen LogP contribution in [0.3, 0.4) is 0 Å². The van der Waals surface area contributed by atoms with Crippen molar-refractivity contribution >= 4 is 27.3 Å². The van der Waals surface area contributed by atoms with Crippen LogP contribution < -0.4 is 4.74 Å². The van der Waals surface area contributed by atoms with Crippen molar-refractivity contribution in [3.8, 4) is 5.75 Å². The van der Waals surface area contributed by atoms with Gasteiger partial charge in [-0.1, -0.05) is 41.9 Å². The number of carbonyl (C=O) groups excluding carboxylic acids is 1.